The largest absolute Gasteiger partial charge is 0.535 e. The number of allylic oxidation sites excluding steroid dienone is 1. The molecule has 8 nitrogen and oxygen atoms in total. The van der Waals surface area contributed by atoms with Crippen LogP contribution in [0.4, 0.5) is 0 Å². The average Bonchev–Trinajstić information content (AvgIpc) is 2.63. The molecule has 2 N–H and O–H groups in total. The molecule has 2 heterocycles. The third-order valence-corrected chi connectivity index (χ3v) is 4.74. The molecule has 1 amide bonds. The summed E-state index contributed by atoms with van der Waals surface area (Å²) in [6.45, 7) is 0.677. The number of aliphatic imine (C=N–C) groups is 1. The van der Waals surface area contributed by atoms with Gasteiger partial charge in [0.15, 0.2) is 0 Å². The summed E-state index contributed by atoms with van der Waals surface area (Å²) in [4.78, 5) is 29.6. The van der Waals surface area contributed by atoms with Gasteiger partial charge in [0, 0.05) is 13.3 Å². The van der Waals surface area contributed by atoms with Gasteiger partial charge in [-0.1, -0.05) is 12.0 Å². The molecule has 1 aromatic carbocycles. The molecule has 1 saturated heterocycles. The van der Waals surface area contributed by atoms with Crippen molar-refractivity contribution in [1.29, 1.82) is 0 Å². The van der Waals surface area contributed by atoms with E-state index in [1.807, 2.05) is 0 Å². The molecule has 0 bridgehead atoms. The number of fused-ring (bicyclic) bond motifs is 1. The molecular weight excluding hydrogens is 375 g/mol. The molecule has 2 aliphatic heterocycles. The monoisotopic (exact) mass is 396 g/mol. The minimum Gasteiger partial charge on any atom is -0.535 e. The highest BCUT2D eigenvalue weighted by Crippen LogP contribution is 2.37. The van der Waals surface area contributed by atoms with Crippen LogP contribution in [0.2, 0.25) is 6.32 Å². The first-order valence-electron chi connectivity index (χ1n) is 9.18. The van der Waals surface area contributed by atoms with Crippen LogP contribution < -0.4 is 9.39 Å². The number of carboxylic acid groups (broad SMARTS) is 1. The van der Waals surface area contributed by atoms with E-state index in [1.54, 1.807) is 30.3 Å². The summed E-state index contributed by atoms with van der Waals surface area (Å²) in [5, 5.41) is 19.3. The highest BCUT2D eigenvalue weighted by atomic mass is 16.5. The lowest BCUT2D eigenvalue weighted by molar-refractivity contribution is -0.139. The second-order valence-electron chi connectivity index (χ2n) is 6.83. The number of amides is 1. The molecule has 0 unspecified atom stereocenters. The molecule has 0 saturated carbocycles. The van der Waals surface area contributed by atoms with Crippen molar-refractivity contribution in [2.24, 2.45) is 4.99 Å². The number of rotatable bonds is 6. The van der Waals surface area contributed by atoms with Gasteiger partial charge in [0.1, 0.15) is 23.2 Å². The van der Waals surface area contributed by atoms with Crippen molar-refractivity contribution in [3.63, 3.8) is 0 Å². The molecule has 1 aromatic rings. The predicted octanol–water partition coefficient (Wildman–Crippen LogP) is 1.04. The van der Waals surface area contributed by atoms with Gasteiger partial charge >= 0.3 is 13.1 Å². The van der Waals surface area contributed by atoms with Crippen molar-refractivity contribution in [2.45, 2.75) is 25.3 Å². The lowest BCUT2D eigenvalue weighted by atomic mass is 9.78. The van der Waals surface area contributed by atoms with Crippen LogP contribution in [0.3, 0.4) is 0 Å². The van der Waals surface area contributed by atoms with Gasteiger partial charge in [0.2, 0.25) is 5.91 Å². The molecule has 29 heavy (non-hydrogen) atoms. The maximum atomic E-state index is 12.3. The van der Waals surface area contributed by atoms with Crippen LogP contribution in [-0.4, -0.2) is 66.5 Å². The first kappa shape index (κ1) is 20.5. The van der Waals surface area contributed by atoms with E-state index in [1.165, 1.54) is 6.08 Å². The standard InChI is InChI=1S/C20H21BN2O6/c1-3-4-13(10-22-2)9-17(24)23-11-15(12-23)28-16-6-5-14-7-8-21(27)29-19(14)18(16)20(25)26/h1,4-6,10,15,27H,7-9,11-12H2,2H3,(H,25,26)/b13-4-,22-10?. The Balaban J connectivity index is 1.65. The lowest BCUT2D eigenvalue weighted by Crippen LogP contribution is -2.56. The Hall–Kier alpha value is -3.25. The van der Waals surface area contributed by atoms with Crippen LogP contribution in [0, 0.1) is 12.3 Å². The number of ether oxygens (including phenoxy) is 1. The summed E-state index contributed by atoms with van der Waals surface area (Å²) in [5.41, 5.74) is 1.25. The maximum absolute atomic E-state index is 12.3. The molecule has 0 aromatic heterocycles. The topological polar surface area (TPSA) is 109 Å². The number of likely N-dealkylation sites (tertiary alicyclic amines) is 1. The van der Waals surface area contributed by atoms with Crippen molar-refractivity contribution in [3.8, 4) is 23.8 Å². The zero-order valence-electron chi connectivity index (χ0n) is 16.0. The number of nitrogens with zero attached hydrogens (tertiary/aromatic N) is 2. The second-order valence-corrected chi connectivity index (χ2v) is 6.83. The average molecular weight is 396 g/mol. The number of carbonyl (C=O) groups is 2. The molecule has 0 spiro atoms. The van der Waals surface area contributed by atoms with Gasteiger partial charge in [0.05, 0.1) is 19.5 Å². The van der Waals surface area contributed by atoms with Crippen LogP contribution in [-0.2, 0) is 11.2 Å². The molecule has 150 valence electrons. The minimum absolute atomic E-state index is 0.107. The van der Waals surface area contributed by atoms with E-state index in [2.05, 4.69) is 10.9 Å². The number of hydrogen-bond donors (Lipinski definition) is 2. The summed E-state index contributed by atoms with van der Waals surface area (Å²) in [5.74, 6) is 1.39. The van der Waals surface area contributed by atoms with Gasteiger partial charge in [-0.05, 0) is 36.0 Å². The SMILES string of the molecule is C#C/C=C(\C=NC)CC(=O)N1CC(Oc2ccc3c(c2C(=O)O)OB(O)CC3)C1. The van der Waals surface area contributed by atoms with Crippen LogP contribution in [0.15, 0.2) is 28.8 Å². The zero-order chi connectivity index (χ0) is 21.0. The van der Waals surface area contributed by atoms with Crippen LogP contribution in [0.1, 0.15) is 22.3 Å². The first-order valence-corrected chi connectivity index (χ1v) is 9.18. The Morgan fingerprint density at radius 2 is 2.24 bits per heavy atom. The van der Waals surface area contributed by atoms with Crippen molar-refractivity contribution >= 4 is 25.2 Å². The van der Waals surface area contributed by atoms with Gasteiger partial charge < -0.3 is 24.4 Å². The molecule has 1 fully saturated rings. The number of benzene rings is 1. The Morgan fingerprint density at radius 3 is 2.90 bits per heavy atom. The first-order chi connectivity index (χ1) is 13.9. The number of aryl methyl sites for hydroxylation is 1. The number of carbonyl (C=O) groups excluding carboxylic acids is 1. The van der Waals surface area contributed by atoms with E-state index in [9.17, 15) is 19.7 Å². The van der Waals surface area contributed by atoms with Gasteiger partial charge in [0.25, 0.3) is 0 Å². The van der Waals surface area contributed by atoms with E-state index < -0.39 is 13.1 Å². The Bertz CT molecular complexity index is 914. The summed E-state index contributed by atoms with van der Waals surface area (Å²) in [7, 11) is 0.563. The molecule has 9 heteroatoms. The summed E-state index contributed by atoms with van der Waals surface area (Å²) in [6.07, 6.45) is 9.04. The smallest absolute Gasteiger partial charge is 0.522 e. The molecule has 0 aliphatic carbocycles. The van der Waals surface area contributed by atoms with Crippen LogP contribution in [0.5, 0.6) is 11.5 Å². The van der Waals surface area contributed by atoms with Crippen molar-refractivity contribution in [1.82, 2.24) is 4.90 Å². The molecule has 2 aliphatic rings. The normalized spacial score (nSPS) is 16.7. The number of hydrogen-bond acceptors (Lipinski definition) is 6. The lowest BCUT2D eigenvalue weighted by Gasteiger charge is -2.39. The van der Waals surface area contributed by atoms with Gasteiger partial charge in [-0.3, -0.25) is 9.79 Å². The van der Waals surface area contributed by atoms with Gasteiger partial charge in [-0.25, -0.2) is 4.79 Å². The second kappa shape index (κ2) is 8.84. The van der Waals surface area contributed by atoms with Crippen molar-refractivity contribution in [3.05, 3.63) is 34.9 Å². The van der Waals surface area contributed by atoms with Crippen LogP contribution >= 0.6 is 0 Å². The fourth-order valence-electron chi connectivity index (χ4n) is 3.30. The van der Waals surface area contributed by atoms with Gasteiger partial charge in [-0.2, -0.15) is 0 Å². The molecular formula is C20H21BN2O6. The number of carboxylic acids is 1. The van der Waals surface area contributed by atoms with Crippen molar-refractivity contribution in [2.75, 3.05) is 20.1 Å². The predicted molar refractivity (Wildman–Crippen MR) is 107 cm³/mol. The third kappa shape index (κ3) is 4.61. The van der Waals surface area contributed by atoms with E-state index in [0.29, 0.717) is 31.4 Å². The minimum atomic E-state index is -1.19. The van der Waals surface area contributed by atoms with E-state index >= 15 is 0 Å². The Kier molecular flexibility index (Phi) is 6.24. The fraction of sp³-hybridized carbons (Fsp3) is 0.350. The van der Waals surface area contributed by atoms with Crippen molar-refractivity contribution < 1.29 is 29.1 Å². The van der Waals surface area contributed by atoms with E-state index in [0.717, 1.165) is 5.56 Å². The number of terminal acetylenes is 1. The summed E-state index contributed by atoms with van der Waals surface area (Å²) in [6, 6.07) is 3.34. The van der Waals surface area contributed by atoms with Gasteiger partial charge in [-0.15, -0.1) is 6.42 Å². The van der Waals surface area contributed by atoms with E-state index in [-0.39, 0.29) is 35.5 Å². The van der Waals surface area contributed by atoms with Crippen LogP contribution in [0.25, 0.3) is 0 Å². The summed E-state index contributed by atoms with van der Waals surface area (Å²) < 4.78 is 11.2. The molecule has 0 atom stereocenters. The summed E-state index contributed by atoms with van der Waals surface area (Å²) >= 11 is 0. The number of aromatic carboxylic acids is 1. The zero-order valence-corrected chi connectivity index (χ0v) is 16.0. The Labute approximate surface area is 169 Å². The third-order valence-electron chi connectivity index (χ3n) is 4.74. The molecule has 3 rings (SSSR count). The highest BCUT2D eigenvalue weighted by Gasteiger charge is 2.35. The molecule has 0 radical (unpaired) electrons. The maximum Gasteiger partial charge on any atom is 0.522 e. The quantitative estimate of drug-likeness (QED) is 0.423. The van der Waals surface area contributed by atoms with E-state index in [4.69, 9.17) is 15.8 Å². The fourth-order valence-corrected chi connectivity index (χ4v) is 3.30. The highest BCUT2D eigenvalue weighted by molar-refractivity contribution is 6.44. The Morgan fingerprint density at radius 1 is 1.48 bits per heavy atom.